The van der Waals surface area contributed by atoms with Crippen LogP contribution in [0.25, 0.3) is 17.0 Å². The van der Waals surface area contributed by atoms with E-state index in [4.69, 9.17) is 11.2 Å². The average Bonchev–Trinajstić information content (AvgIpc) is 3.37. The summed E-state index contributed by atoms with van der Waals surface area (Å²) in [7, 11) is 1.35. The van der Waals surface area contributed by atoms with E-state index in [1.165, 1.54) is 24.0 Å². The minimum absolute atomic E-state index is 0.199. The molecule has 0 unspecified atom stereocenters. The van der Waals surface area contributed by atoms with Crippen molar-refractivity contribution in [2.45, 2.75) is 53.1 Å². The molecule has 198 valence electrons. The Kier molecular flexibility index (Phi) is 6.92. The van der Waals surface area contributed by atoms with E-state index in [1.807, 2.05) is 43.3 Å². The number of fused-ring (bicyclic) bond motifs is 2. The van der Waals surface area contributed by atoms with Gasteiger partial charge in [0.25, 0.3) is 5.56 Å². The van der Waals surface area contributed by atoms with E-state index in [-0.39, 0.29) is 5.56 Å². The number of hydrogen-bond donors (Lipinski definition) is 0. The number of allylic oxidation sites excluding steroid dienone is 1. The highest BCUT2D eigenvalue weighted by Crippen LogP contribution is 2.32. The van der Waals surface area contributed by atoms with Crippen molar-refractivity contribution in [1.29, 1.82) is 0 Å². The lowest BCUT2D eigenvalue weighted by Crippen LogP contribution is -2.39. The predicted molar refractivity (Wildman–Crippen MR) is 157 cm³/mol. The third kappa shape index (κ3) is 4.35. The number of methoxy groups -OCH3 is 1. The van der Waals surface area contributed by atoms with E-state index in [0.717, 1.165) is 33.3 Å². The minimum atomic E-state index is -0.636. The first kappa shape index (κ1) is 26.5. The van der Waals surface area contributed by atoms with Crippen molar-refractivity contribution >= 4 is 34.3 Å². The van der Waals surface area contributed by atoms with Gasteiger partial charge in [-0.2, -0.15) is 0 Å². The van der Waals surface area contributed by atoms with Crippen molar-refractivity contribution in [2.24, 2.45) is 4.99 Å². The number of carbonyl (C=O) groups is 1. The second kappa shape index (κ2) is 10.2. The van der Waals surface area contributed by atoms with Crippen LogP contribution < -0.4 is 14.9 Å². The summed E-state index contributed by atoms with van der Waals surface area (Å²) in [4.78, 5) is 32.3. The van der Waals surface area contributed by atoms with E-state index < -0.39 is 12.0 Å². The maximum Gasteiger partial charge on any atom is 0.338 e. The van der Waals surface area contributed by atoms with E-state index in [2.05, 4.69) is 48.4 Å². The topological polar surface area (TPSA) is 65.6 Å². The number of aromatic nitrogens is 2. The molecule has 0 fully saturated rings. The van der Waals surface area contributed by atoms with Crippen LogP contribution in [0, 0.1) is 26.2 Å². The fourth-order valence-electron chi connectivity index (χ4n) is 5.42. The Morgan fingerprint density at radius 3 is 2.54 bits per heavy atom. The summed E-state index contributed by atoms with van der Waals surface area (Å²) in [5.41, 5.74) is 6.87. The minimum Gasteiger partial charge on any atom is -0.466 e. The third-order valence-electron chi connectivity index (χ3n) is 7.46. The number of aryl methyl sites for hydroxylation is 1. The summed E-state index contributed by atoms with van der Waals surface area (Å²) in [6.07, 6.45) is 7.63. The molecule has 5 rings (SSSR count). The Morgan fingerprint density at radius 1 is 1.18 bits per heavy atom. The number of benzene rings is 2. The summed E-state index contributed by atoms with van der Waals surface area (Å²) < 4.78 is 9.42. The lowest BCUT2D eigenvalue weighted by atomic mass is 9.93. The first-order valence-electron chi connectivity index (χ1n) is 12.9. The molecule has 2 aromatic carbocycles. The van der Waals surface area contributed by atoms with E-state index in [1.54, 1.807) is 11.5 Å². The molecule has 3 heterocycles. The van der Waals surface area contributed by atoms with Gasteiger partial charge >= 0.3 is 5.97 Å². The number of hydrogen-bond acceptors (Lipinski definition) is 5. The summed E-state index contributed by atoms with van der Waals surface area (Å²) in [6, 6.07) is 13.6. The summed E-state index contributed by atoms with van der Waals surface area (Å²) in [6.45, 7) is 10.6. The zero-order valence-electron chi connectivity index (χ0n) is 23.0. The van der Waals surface area contributed by atoms with Crippen molar-refractivity contribution in [3.05, 3.63) is 101 Å². The van der Waals surface area contributed by atoms with Crippen LogP contribution in [0.4, 0.5) is 0 Å². The summed E-state index contributed by atoms with van der Waals surface area (Å²) in [5.74, 6) is 2.62. The first-order chi connectivity index (χ1) is 18.7. The number of rotatable bonds is 5. The molecule has 0 spiro atoms. The molecule has 0 saturated heterocycles. The Bertz CT molecular complexity index is 1880. The van der Waals surface area contributed by atoms with Gasteiger partial charge in [0.1, 0.15) is 0 Å². The van der Waals surface area contributed by atoms with Crippen LogP contribution in [0.2, 0.25) is 0 Å². The highest BCUT2D eigenvalue weighted by atomic mass is 32.1. The normalized spacial score (nSPS) is 15.4. The van der Waals surface area contributed by atoms with Crippen molar-refractivity contribution in [3.8, 4) is 12.3 Å². The molecule has 2 aromatic heterocycles. The molecular formula is C32H31N3O3S. The van der Waals surface area contributed by atoms with E-state index in [0.29, 0.717) is 33.1 Å². The number of para-hydroxylation sites is 1. The van der Waals surface area contributed by atoms with Gasteiger partial charge in [-0.1, -0.05) is 73.6 Å². The number of ether oxygens (including phenoxy) is 1. The Labute approximate surface area is 231 Å². The van der Waals surface area contributed by atoms with Gasteiger partial charge in [0.2, 0.25) is 0 Å². The molecule has 1 atom stereocenters. The van der Waals surface area contributed by atoms with Crippen LogP contribution in [0.3, 0.4) is 0 Å². The number of nitrogens with zero attached hydrogens (tertiary/aromatic N) is 3. The van der Waals surface area contributed by atoms with Gasteiger partial charge in [0.15, 0.2) is 4.80 Å². The lowest BCUT2D eigenvalue weighted by Gasteiger charge is -2.24. The molecule has 0 bridgehead atoms. The number of carbonyl (C=O) groups excluding carboxylic acids is 1. The van der Waals surface area contributed by atoms with Gasteiger partial charge in [-0.3, -0.25) is 9.36 Å². The van der Waals surface area contributed by atoms with Crippen LogP contribution in [-0.2, 0) is 16.1 Å². The predicted octanol–water partition coefficient (Wildman–Crippen LogP) is 4.74. The Morgan fingerprint density at radius 2 is 1.90 bits per heavy atom. The van der Waals surface area contributed by atoms with E-state index in [9.17, 15) is 9.59 Å². The number of thiazole rings is 1. The van der Waals surface area contributed by atoms with Gasteiger partial charge in [0.05, 0.1) is 41.0 Å². The SMILES string of the molecule is C#CCn1c(C)c(/C=c2\sc3n(c2=O)[C@@H](c2ccc(C(C)C)cc2)C(C(=O)OC)=C(C)N=3)c2cccc(C)c21. The molecular weight excluding hydrogens is 506 g/mol. The highest BCUT2D eigenvalue weighted by Gasteiger charge is 2.33. The highest BCUT2D eigenvalue weighted by molar-refractivity contribution is 7.07. The molecule has 0 radical (unpaired) electrons. The van der Waals surface area contributed by atoms with Crippen LogP contribution in [-0.4, -0.2) is 22.2 Å². The van der Waals surface area contributed by atoms with Gasteiger partial charge in [-0.15, -0.1) is 6.42 Å². The Balaban J connectivity index is 1.77. The maximum absolute atomic E-state index is 14.1. The first-order valence-corrected chi connectivity index (χ1v) is 13.7. The molecule has 1 aliphatic heterocycles. The van der Waals surface area contributed by atoms with Crippen LogP contribution in [0.15, 0.2) is 63.5 Å². The monoisotopic (exact) mass is 537 g/mol. The molecule has 6 nitrogen and oxygen atoms in total. The van der Waals surface area contributed by atoms with Gasteiger partial charge in [-0.25, -0.2) is 9.79 Å². The second-order valence-corrected chi connectivity index (χ2v) is 11.2. The van der Waals surface area contributed by atoms with Crippen molar-refractivity contribution in [3.63, 3.8) is 0 Å². The van der Waals surface area contributed by atoms with Gasteiger partial charge < -0.3 is 9.30 Å². The zero-order valence-corrected chi connectivity index (χ0v) is 23.8. The molecule has 0 aliphatic carbocycles. The molecule has 39 heavy (non-hydrogen) atoms. The smallest absolute Gasteiger partial charge is 0.338 e. The van der Waals surface area contributed by atoms with Gasteiger partial charge in [0, 0.05) is 16.6 Å². The largest absolute Gasteiger partial charge is 0.466 e. The Hall–Kier alpha value is -4.15. The lowest BCUT2D eigenvalue weighted by molar-refractivity contribution is -0.136. The van der Waals surface area contributed by atoms with Crippen LogP contribution in [0.1, 0.15) is 60.7 Å². The quantitative estimate of drug-likeness (QED) is 0.273. The molecule has 1 aliphatic rings. The molecule has 7 heteroatoms. The van der Waals surface area contributed by atoms with Crippen molar-refractivity contribution in [1.82, 2.24) is 9.13 Å². The fraction of sp³-hybridized carbons (Fsp3) is 0.281. The molecule has 0 N–H and O–H groups in total. The number of terminal acetylenes is 1. The fourth-order valence-corrected chi connectivity index (χ4v) is 6.44. The molecule has 0 amide bonds. The average molecular weight is 538 g/mol. The van der Waals surface area contributed by atoms with Crippen LogP contribution >= 0.6 is 11.3 Å². The van der Waals surface area contributed by atoms with Crippen LogP contribution in [0.5, 0.6) is 0 Å². The standard InChI is InChI=1S/C32H31N3O3S/c1-8-16-34-21(6)25(24-11-9-10-19(4)28(24)34)17-26-30(36)35-29(23-14-12-22(13-15-23)18(2)3)27(31(37)38-7)20(5)33-32(35)39-26/h1,9-15,17-18,29H,16H2,2-7H3/b26-17-/t29-/m0/s1. The molecule has 0 saturated carbocycles. The molecule has 4 aromatic rings. The summed E-state index contributed by atoms with van der Waals surface area (Å²) in [5, 5.41) is 1.04. The van der Waals surface area contributed by atoms with Gasteiger partial charge in [-0.05, 0) is 49.5 Å². The summed E-state index contributed by atoms with van der Waals surface area (Å²) >= 11 is 1.32. The van der Waals surface area contributed by atoms with Crippen molar-refractivity contribution < 1.29 is 9.53 Å². The maximum atomic E-state index is 14.1. The number of esters is 1. The third-order valence-corrected chi connectivity index (χ3v) is 8.45. The zero-order chi connectivity index (χ0) is 28.0. The second-order valence-electron chi connectivity index (χ2n) is 10.2. The van der Waals surface area contributed by atoms with E-state index >= 15 is 0 Å². The van der Waals surface area contributed by atoms with Crippen molar-refractivity contribution in [2.75, 3.05) is 7.11 Å².